The number of aryl methyl sites for hydroxylation is 1. The SMILES string of the molecule is COCC1CCC(COC)N1c1nc(C)nc2c1CCN2c1ccc(Cl)cc1Cl. The quantitative estimate of drug-likeness (QED) is 0.667. The van der Waals surface area contributed by atoms with Gasteiger partial charge >= 0.3 is 0 Å². The minimum absolute atomic E-state index is 0.284. The summed E-state index contributed by atoms with van der Waals surface area (Å²) < 4.78 is 11.0. The van der Waals surface area contributed by atoms with Crippen molar-refractivity contribution in [1.82, 2.24) is 9.97 Å². The molecule has 0 amide bonds. The maximum atomic E-state index is 6.50. The van der Waals surface area contributed by atoms with Crippen LogP contribution in [-0.4, -0.2) is 56.0 Å². The first-order valence-electron chi connectivity index (χ1n) is 9.89. The molecule has 29 heavy (non-hydrogen) atoms. The summed E-state index contributed by atoms with van der Waals surface area (Å²) in [5.41, 5.74) is 2.08. The molecule has 0 N–H and O–H groups in total. The van der Waals surface area contributed by atoms with Crippen LogP contribution in [0.5, 0.6) is 0 Å². The van der Waals surface area contributed by atoms with Crippen LogP contribution in [0.3, 0.4) is 0 Å². The van der Waals surface area contributed by atoms with Crippen LogP contribution < -0.4 is 9.80 Å². The largest absolute Gasteiger partial charge is 0.383 e. The van der Waals surface area contributed by atoms with E-state index in [1.165, 1.54) is 0 Å². The summed E-state index contributed by atoms with van der Waals surface area (Å²) in [5.74, 6) is 2.67. The van der Waals surface area contributed by atoms with Crippen LogP contribution >= 0.6 is 23.2 Å². The van der Waals surface area contributed by atoms with E-state index in [9.17, 15) is 0 Å². The highest BCUT2D eigenvalue weighted by atomic mass is 35.5. The molecule has 1 aromatic heterocycles. The van der Waals surface area contributed by atoms with Gasteiger partial charge in [-0.2, -0.15) is 0 Å². The van der Waals surface area contributed by atoms with E-state index < -0.39 is 0 Å². The average molecular weight is 437 g/mol. The number of methoxy groups -OCH3 is 2. The van der Waals surface area contributed by atoms with E-state index in [2.05, 4.69) is 9.80 Å². The topological polar surface area (TPSA) is 50.7 Å². The monoisotopic (exact) mass is 436 g/mol. The maximum Gasteiger partial charge on any atom is 0.142 e. The molecule has 1 aromatic carbocycles. The molecule has 0 aliphatic carbocycles. The standard InChI is InChI=1S/C21H26Cl2N4O2/c1-13-24-20-17(8-9-26(20)19-7-4-14(22)10-18(19)23)21(25-13)27-15(11-28-2)5-6-16(27)12-29-3/h4,7,10,15-16H,5-6,8-9,11-12H2,1-3H3. The normalized spacial score (nSPS) is 21.1. The maximum absolute atomic E-state index is 6.50. The summed E-state index contributed by atoms with van der Waals surface area (Å²) in [6.07, 6.45) is 2.98. The molecule has 1 saturated heterocycles. The van der Waals surface area contributed by atoms with E-state index in [1.54, 1.807) is 20.3 Å². The van der Waals surface area contributed by atoms with Crippen molar-refractivity contribution in [2.45, 2.75) is 38.3 Å². The van der Waals surface area contributed by atoms with Crippen molar-refractivity contribution in [2.24, 2.45) is 0 Å². The summed E-state index contributed by atoms with van der Waals surface area (Å²) in [6, 6.07) is 6.15. The van der Waals surface area contributed by atoms with E-state index in [-0.39, 0.29) is 12.1 Å². The Morgan fingerprint density at radius 2 is 1.69 bits per heavy atom. The third kappa shape index (κ3) is 3.91. The van der Waals surface area contributed by atoms with Gasteiger partial charge in [0.05, 0.1) is 36.0 Å². The van der Waals surface area contributed by atoms with Crippen LogP contribution in [-0.2, 0) is 15.9 Å². The molecule has 0 bridgehead atoms. The lowest BCUT2D eigenvalue weighted by Crippen LogP contribution is -2.42. The van der Waals surface area contributed by atoms with E-state index in [1.807, 2.05) is 19.1 Å². The fraction of sp³-hybridized carbons (Fsp3) is 0.524. The molecular formula is C21H26Cl2N4O2. The molecular weight excluding hydrogens is 411 g/mol. The van der Waals surface area contributed by atoms with Crippen LogP contribution in [0, 0.1) is 6.92 Å². The summed E-state index contributed by atoms with van der Waals surface area (Å²) in [6.45, 7) is 4.09. The number of nitrogens with zero attached hydrogens (tertiary/aromatic N) is 4. The Hall–Kier alpha value is -1.60. The first-order chi connectivity index (χ1) is 14.0. The van der Waals surface area contributed by atoms with E-state index in [0.29, 0.717) is 23.3 Å². The molecule has 2 aromatic rings. The molecule has 0 spiro atoms. The predicted molar refractivity (Wildman–Crippen MR) is 117 cm³/mol. The summed E-state index contributed by atoms with van der Waals surface area (Å²) in [4.78, 5) is 14.2. The number of rotatable bonds is 6. The van der Waals surface area contributed by atoms with E-state index in [0.717, 1.165) is 54.5 Å². The molecule has 2 aliphatic heterocycles. The number of fused-ring (bicyclic) bond motifs is 1. The van der Waals surface area contributed by atoms with Crippen molar-refractivity contribution in [3.05, 3.63) is 39.6 Å². The van der Waals surface area contributed by atoms with E-state index in [4.69, 9.17) is 42.6 Å². The second-order valence-corrected chi connectivity index (χ2v) is 8.44. The summed E-state index contributed by atoms with van der Waals surface area (Å²) >= 11 is 12.6. The van der Waals surface area contributed by atoms with Crippen LogP contribution in [0.2, 0.25) is 10.0 Å². The zero-order valence-electron chi connectivity index (χ0n) is 17.0. The summed E-state index contributed by atoms with van der Waals surface area (Å²) in [5, 5.41) is 1.25. The van der Waals surface area contributed by atoms with Gasteiger partial charge in [-0.3, -0.25) is 0 Å². The fourth-order valence-corrected chi connectivity index (χ4v) is 5.02. The number of aromatic nitrogens is 2. The smallest absolute Gasteiger partial charge is 0.142 e. The van der Waals surface area contributed by atoms with Gasteiger partial charge in [0.2, 0.25) is 0 Å². The highest BCUT2D eigenvalue weighted by Gasteiger charge is 2.38. The Morgan fingerprint density at radius 3 is 2.31 bits per heavy atom. The molecule has 8 heteroatoms. The van der Waals surface area contributed by atoms with Gasteiger partial charge in [0.15, 0.2) is 0 Å². The third-order valence-corrected chi connectivity index (χ3v) is 6.24. The Bertz CT molecular complexity index is 881. The lowest BCUT2D eigenvalue weighted by atomic mass is 10.2. The molecule has 1 fully saturated rings. The van der Waals surface area contributed by atoms with Crippen LogP contribution in [0.25, 0.3) is 0 Å². The molecule has 3 heterocycles. The molecule has 6 nitrogen and oxygen atoms in total. The van der Waals surface area contributed by atoms with Gasteiger partial charge in [-0.1, -0.05) is 23.2 Å². The first kappa shape index (κ1) is 20.7. The van der Waals surface area contributed by atoms with Crippen molar-refractivity contribution in [3.8, 4) is 0 Å². The minimum atomic E-state index is 0.284. The zero-order chi connectivity index (χ0) is 20.5. The van der Waals surface area contributed by atoms with Gasteiger partial charge in [0.25, 0.3) is 0 Å². The van der Waals surface area contributed by atoms with Crippen molar-refractivity contribution in [1.29, 1.82) is 0 Å². The molecule has 2 unspecified atom stereocenters. The Morgan fingerprint density at radius 1 is 1.03 bits per heavy atom. The van der Waals surface area contributed by atoms with Crippen molar-refractivity contribution >= 4 is 40.5 Å². The predicted octanol–water partition coefficient (Wildman–Crippen LogP) is 4.42. The molecule has 4 rings (SSSR count). The second-order valence-electron chi connectivity index (χ2n) is 7.60. The van der Waals surface area contributed by atoms with Crippen LogP contribution in [0.4, 0.5) is 17.3 Å². The number of hydrogen-bond donors (Lipinski definition) is 0. The Kier molecular flexibility index (Phi) is 6.16. The molecule has 0 saturated carbocycles. The third-order valence-electron chi connectivity index (χ3n) is 5.70. The zero-order valence-corrected chi connectivity index (χ0v) is 18.5. The van der Waals surface area contributed by atoms with Crippen LogP contribution in [0.1, 0.15) is 24.2 Å². The van der Waals surface area contributed by atoms with Gasteiger partial charge in [-0.05, 0) is 44.4 Å². The molecule has 2 atom stereocenters. The molecule has 0 radical (unpaired) electrons. The van der Waals surface area contributed by atoms with Gasteiger partial charge in [0, 0.05) is 31.4 Å². The Labute approximate surface area is 181 Å². The van der Waals surface area contributed by atoms with Gasteiger partial charge in [0.1, 0.15) is 17.5 Å². The van der Waals surface area contributed by atoms with Gasteiger partial charge in [-0.15, -0.1) is 0 Å². The number of hydrogen-bond acceptors (Lipinski definition) is 6. The minimum Gasteiger partial charge on any atom is -0.383 e. The number of ether oxygens (including phenoxy) is 2. The average Bonchev–Trinajstić information content (AvgIpc) is 3.26. The Balaban J connectivity index is 1.77. The van der Waals surface area contributed by atoms with Crippen molar-refractivity contribution in [2.75, 3.05) is 43.8 Å². The van der Waals surface area contributed by atoms with Crippen molar-refractivity contribution in [3.63, 3.8) is 0 Å². The molecule has 2 aliphatic rings. The second kappa shape index (κ2) is 8.64. The molecule has 156 valence electrons. The number of halogens is 2. The summed E-state index contributed by atoms with van der Waals surface area (Å²) in [7, 11) is 3.50. The lowest BCUT2D eigenvalue weighted by molar-refractivity contribution is 0.167. The van der Waals surface area contributed by atoms with Crippen molar-refractivity contribution < 1.29 is 9.47 Å². The van der Waals surface area contributed by atoms with Gasteiger partial charge in [-0.25, -0.2) is 9.97 Å². The van der Waals surface area contributed by atoms with Gasteiger partial charge < -0.3 is 19.3 Å². The fourth-order valence-electron chi connectivity index (χ4n) is 4.51. The number of benzene rings is 1. The number of anilines is 3. The van der Waals surface area contributed by atoms with E-state index >= 15 is 0 Å². The lowest BCUT2D eigenvalue weighted by Gasteiger charge is -2.32. The first-order valence-corrected chi connectivity index (χ1v) is 10.7. The van der Waals surface area contributed by atoms with Crippen LogP contribution in [0.15, 0.2) is 18.2 Å². The highest BCUT2D eigenvalue weighted by Crippen LogP contribution is 2.43. The highest BCUT2D eigenvalue weighted by molar-refractivity contribution is 6.36.